The number of carbonyl (C=O) groups is 1. The van der Waals surface area contributed by atoms with Crippen molar-refractivity contribution in [3.05, 3.63) is 30.5 Å². The van der Waals surface area contributed by atoms with Crippen LogP contribution in [0.15, 0.2) is 30.5 Å². The number of rotatable bonds is 3. The van der Waals surface area contributed by atoms with E-state index in [1.54, 1.807) is 12.1 Å². The van der Waals surface area contributed by atoms with E-state index in [0.717, 1.165) is 5.52 Å². The van der Waals surface area contributed by atoms with Crippen LogP contribution in [-0.4, -0.2) is 61.1 Å². The minimum absolute atomic E-state index is 0.206. The summed E-state index contributed by atoms with van der Waals surface area (Å²) in [5.74, 6) is -3.14. The molecule has 8 heteroatoms. The first-order valence-corrected chi connectivity index (χ1v) is 8.62. The molecule has 2 aromatic rings. The SMILES string of the molecule is O=C(Oc1c[nH]c2ccccc12)C1OC(O)(C2(O)CCCC2)C(O)C1O. The summed E-state index contributed by atoms with van der Waals surface area (Å²) in [6, 6.07) is 7.18. The van der Waals surface area contributed by atoms with Gasteiger partial charge < -0.3 is 34.9 Å². The molecule has 4 rings (SSSR count). The first kappa shape index (κ1) is 17.4. The number of aromatic nitrogens is 1. The lowest BCUT2D eigenvalue weighted by molar-refractivity contribution is -0.313. The Morgan fingerprint density at radius 1 is 1.19 bits per heavy atom. The van der Waals surface area contributed by atoms with Crippen LogP contribution in [0.5, 0.6) is 5.75 Å². The van der Waals surface area contributed by atoms with E-state index < -0.39 is 35.7 Å². The molecule has 2 aliphatic rings. The summed E-state index contributed by atoms with van der Waals surface area (Å²) >= 11 is 0. The Labute approximate surface area is 149 Å². The normalized spacial score (nSPS) is 33.6. The Bertz CT molecular complexity index is 828. The number of hydrogen-bond donors (Lipinski definition) is 5. The molecule has 0 bridgehead atoms. The van der Waals surface area contributed by atoms with Gasteiger partial charge in [-0.15, -0.1) is 0 Å². The number of fused-ring (bicyclic) bond motifs is 1. The molecule has 26 heavy (non-hydrogen) atoms. The van der Waals surface area contributed by atoms with Crippen LogP contribution in [0.25, 0.3) is 10.9 Å². The number of esters is 1. The van der Waals surface area contributed by atoms with Crippen molar-refractivity contribution in [2.24, 2.45) is 0 Å². The Balaban J connectivity index is 1.57. The van der Waals surface area contributed by atoms with E-state index in [2.05, 4.69) is 4.98 Å². The summed E-state index contributed by atoms with van der Waals surface area (Å²) in [6.45, 7) is 0. The van der Waals surface area contributed by atoms with Gasteiger partial charge in [-0.05, 0) is 25.0 Å². The molecule has 4 atom stereocenters. The van der Waals surface area contributed by atoms with Crippen LogP contribution in [0.2, 0.25) is 0 Å². The van der Waals surface area contributed by atoms with E-state index in [-0.39, 0.29) is 18.6 Å². The first-order valence-electron chi connectivity index (χ1n) is 8.62. The molecule has 1 aromatic heterocycles. The molecular weight excluding hydrogens is 342 g/mol. The van der Waals surface area contributed by atoms with Crippen LogP contribution >= 0.6 is 0 Å². The molecule has 0 amide bonds. The van der Waals surface area contributed by atoms with Gasteiger partial charge in [0.15, 0.2) is 11.9 Å². The maximum atomic E-state index is 12.5. The van der Waals surface area contributed by atoms with Gasteiger partial charge >= 0.3 is 5.97 Å². The van der Waals surface area contributed by atoms with Crippen molar-refractivity contribution < 1.29 is 34.7 Å². The minimum Gasteiger partial charge on any atom is -0.422 e. The predicted molar refractivity (Wildman–Crippen MR) is 89.2 cm³/mol. The number of H-pyrrole nitrogens is 1. The highest BCUT2D eigenvalue weighted by Crippen LogP contribution is 2.46. The smallest absolute Gasteiger partial charge is 0.343 e. The number of benzene rings is 1. The highest BCUT2D eigenvalue weighted by molar-refractivity contribution is 5.89. The van der Waals surface area contributed by atoms with Gasteiger partial charge in [0.1, 0.15) is 17.8 Å². The molecule has 0 spiro atoms. The van der Waals surface area contributed by atoms with E-state index in [0.29, 0.717) is 18.2 Å². The van der Waals surface area contributed by atoms with E-state index >= 15 is 0 Å². The largest absolute Gasteiger partial charge is 0.422 e. The molecule has 1 saturated carbocycles. The fourth-order valence-electron chi connectivity index (χ4n) is 3.92. The number of carbonyl (C=O) groups excluding carboxylic acids is 1. The first-order chi connectivity index (χ1) is 12.4. The van der Waals surface area contributed by atoms with Crippen LogP contribution in [0.1, 0.15) is 25.7 Å². The quantitative estimate of drug-likeness (QED) is 0.492. The molecule has 1 aliphatic carbocycles. The minimum atomic E-state index is -2.42. The van der Waals surface area contributed by atoms with E-state index in [1.807, 2.05) is 12.1 Å². The van der Waals surface area contributed by atoms with Gasteiger partial charge in [-0.3, -0.25) is 0 Å². The Morgan fingerprint density at radius 3 is 2.62 bits per heavy atom. The summed E-state index contributed by atoms with van der Waals surface area (Å²) in [5, 5.41) is 42.5. The molecule has 2 fully saturated rings. The summed E-state index contributed by atoms with van der Waals surface area (Å²) in [7, 11) is 0. The third kappa shape index (κ3) is 2.45. The lowest BCUT2D eigenvalue weighted by atomic mass is 9.86. The van der Waals surface area contributed by atoms with Crippen LogP contribution < -0.4 is 4.74 Å². The number of aliphatic hydroxyl groups is 4. The molecule has 1 aliphatic heterocycles. The van der Waals surface area contributed by atoms with Gasteiger partial charge in [-0.1, -0.05) is 25.0 Å². The van der Waals surface area contributed by atoms with E-state index in [1.165, 1.54) is 6.20 Å². The van der Waals surface area contributed by atoms with Crippen molar-refractivity contribution in [1.82, 2.24) is 4.98 Å². The van der Waals surface area contributed by atoms with Gasteiger partial charge in [-0.25, -0.2) is 4.79 Å². The van der Waals surface area contributed by atoms with Gasteiger partial charge in [0.05, 0.1) is 0 Å². The van der Waals surface area contributed by atoms with Crippen LogP contribution in [0.3, 0.4) is 0 Å². The van der Waals surface area contributed by atoms with Gasteiger partial charge in [0.2, 0.25) is 5.79 Å². The van der Waals surface area contributed by atoms with Gasteiger partial charge in [0, 0.05) is 17.1 Å². The molecule has 0 radical (unpaired) electrons. The summed E-state index contributed by atoms with van der Waals surface area (Å²) in [6.07, 6.45) is -1.96. The number of aromatic amines is 1. The summed E-state index contributed by atoms with van der Waals surface area (Å²) < 4.78 is 10.6. The molecule has 140 valence electrons. The predicted octanol–water partition coefficient (Wildman–Crippen LogP) is 0.188. The van der Waals surface area contributed by atoms with Gasteiger partial charge in [-0.2, -0.15) is 0 Å². The molecule has 2 heterocycles. The molecular formula is C18H21NO7. The zero-order valence-corrected chi connectivity index (χ0v) is 14.0. The second-order valence-corrected chi connectivity index (χ2v) is 7.03. The molecule has 1 saturated heterocycles. The highest BCUT2D eigenvalue weighted by Gasteiger charge is 2.66. The van der Waals surface area contributed by atoms with Crippen molar-refractivity contribution in [3.63, 3.8) is 0 Å². The monoisotopic (exact) mass is 363 g/mol. The van der Waals surface area contributed by atoms with Crippen LogP contribution in [-0.2, 0) is 9.53 Å². The molecule has 8 nitrogen and oxygen atoms in total. The standard InChI is InChI=1S/C18H21NO7/c20-13-14(26-18(24,15(13)21)17(23)7-3-4-8-17)16(22)25-12-9-19-11-6-2-1-5-10(11)12/h1-2,5-6,9,13-15,19-21,23-24H,3-4,7-8H2. The zero-order chi connectivity index (χ0) is 18.5. The van der Waals surface area contributed by atoms with Crippen molar-refractivity contribution >= 4 is 16.9 Å². The third-order valence-corrected chi connectivity index (χ3v) is 5.43. The maximum absolute atomic E-state index is 12.5. The molecule has 1 aromatic carbocycles. The Hall–Kier alpha value is -1.97. The van der Waals surface area contributed by atoms with E-state index in [4.69, 9.17) is 9.47 Å². The Morgan fingerprint density at radius 2 is 1.88 bits per heavy atom. The Kier molecular flexibility index (Phi) is 4.05. The fraction of sp³-hybridized carbons (Fsp3) is 0.500. The lowest BCUT2D eigenvalue weighted by Gasteiger charge is -2.39. The fourth-order valence-corrected chi connectivity index (χ4v) is 3.92. The third-order valence-electron chi connectivity index (χ3n) is 5.43. The second kappa shape index (κ2) is 6.04. The average molecular weight is 363 g/mol. The highest BCUT2D eigenvalue weighted by atomic mass is 16.7. The molecule has 4 unspecified atom stereocenters. The molecule has 5 N–H and O–H groups in total. The second-order valence-electron chi connectivity index (χ2n) is 7.03. The van der Waals surface area contributed by atoms with Crippen molar-refractivity contribution in [2.75, 3.05) is 0 Å². The topological polar surface area (TPSA) is 132 Å². The van der Waals surface area contributed by atoms with Crippen LogP contribution in [0.4, 0.5) is 0 Å². The maximum Gasteiger partial charge on any atom is 0.343 e. The summed E-state index contributed by atoms with van der Waals surface area (Å²) in [5.41, 5.74) is -0.955. The zero-order valence-electron chi connectivity index (χ0n) is 14.0. The number of hydrogen-bond acceptors (Lipinski definition) is 7. The number of para-hydroxylation sites is 1. The van der Waals surface area contributed by atoms with Crippen molar-refractivity contribution in [3.8, 4) is 5.75 Å². The lowest BCUT2D eigenvalue weighted by Crippen LogP contribution is -2.60. The number of nitrogens with one attached hydrogen (secondary N) is 1. The van der Waals surface area contributed by atoms with E-state index in [9.17, 15) is 25.2 Å². The van der Waals surface area contributed by atoms with Crippen LogP contribution in [0, 0.1) is 0 Å². The summed E-state index contributed by atoms with van der Waals surface area (Å²) in [4.78, 5) is 15.4. The van der Waals surface area contributed by atoms with Crippen molar-refractivity contribution in [2.45, 2.75) is 55.4 Å². The number of ether oxygens (including phenoxy) is 2. The van der Waals surface area contributed by atoms with Gasteiger partial charge in [0.25, 0.3) is 0 Å². The average Bonchev–Trinajstić information content (AvgIpc) is 3.31. The number of aliphatic hydroxyl groups excluding tert-OH is 2. The van der Waals surface area contributed by atoms with Crippen molar-refractivity contribution in [1.29, 1.82) is 0 Å².